The quantitative estimate of drug-likeness (QED) is 0.453. The van der Waals surface area contributed by atoms with Gasteiger partial charge in [-0.1, -0.05) is 25.2 Å². The molecule has 0 aliphatic heterocycles. The van der Waals surface area contributed by atoms with Crippen LogP contribution in [0.5, 0.6) is 0 Å². The molecule has 0 aromatic carbocycles. The first-order chi connectivity index (χ1) is 3.80. The molecule has 1 atom stereocenters. The lowest BCUT2D eigenvalue weighted by Gasteiger charge is -2.00. The molecular formula is C7H7O. The Balaban J connectivity index is 2.74. The minimum absolute atomic E-state index is 0.0417. The molecule has 0 saturated carbocycles. The van der Waals surface area contributed by atoms with Crippen molar-refractivity contribution in [2.24, 2.45) is 5.92 Å². The molecule has 0 N–H and O–H groups in total. The topological polar surface area (TPSA) is 17.1 Å². The predicted molar refractivity (Wildman–Crippen MR) is 31.1 cm³/mol. The first kappa shape index (κ1) is 5.29. The Kier molecular flexibility index (Phi) is 1.29. The van der Waals surface area contributed by atoms with Gasteiger partial charge in [0.1, 0.15) is 0 Å². The van der Waals surface area contributed by atoms with E-state index in [1.807, 2.05) is 19.1 Å². The Bertz CT molecular complexity index is 154. The average molecular weight is 107 g/mol. The molecule has 0 amide bonds. The van der Waals surface area contributed by atoms with Crippen molar-refractivity contribution in [3.63, 3.8) is 0 Å². The van der Waals surface area contributed by atoms with Gasteiger partial charge >= 0.3 is 0 Å². The van der Waals surface area contributed by atoms with Crippen LogP contribution in [0.3, 0.4) is 0 Å². The van der Waals surface area contributed by atoms with Crippen LogP contribution in [0.1, 0.15) is 6.92 Å². The van der Waals surface area contributed by atoms with Gasteiger partial charge in [0.2, 0.25) is 0 Å². The van der Waals surface area contributed by atoms with Crippen molar-refractivity contribution in [1.82, 2.24) is 0 Å². The second-order valence-corrected chi connectivity index (χ2v) is 1.85. The lowest BCUT2D eigenvalue weighted by molar-refractivity contribution is -0.117. The number of allylic oxidation sites excluding steroid dienone is 4. The van der Waals surface area contributed by atoms with Crippen molar-refractivity contribution >= 4 is 5.78 Å². The van der Waals surface area contributed by atoms with E-state index in [9.17, 15) is 4.79 Å². The zero-order valence-corrected chi connectivity index (χ0v) is 4.72. The molecule has 0 aromatic rings. The lowest BCUT2D eigenvalue weighted by atomic mass is 10.0. The Labute approximate surface area is 48.7 Å². The van der Waals surface area contributed by atoms with E-state index >= 15 is 0 Å². The van der Waals surface area contributed by atoms with Gasteiger partial charge in [0.05, 0.1) is 0 Å². The maximum Gasteiger partial charge on any atom is 0.170 e. The van der Waals surface area contributed by atoms with E-state index in [2.05, 4.69) is 6.08 Å². The Morgan fingerprint density at radius 2 is 2.50 bits per heavy atom. The monoisotopic (exact) mass is 107 g/mol. The molecule has 1 heteroatoms. The summed E-state index contributed by atoms with van der Waals surface area (Å²) in [7, 11) is 0. The van der Waals surface area contributed by atoms with Crippen molar-refractivity contribution < 1.29 is 4.79 Å². The smallest absolute Gasteiger partial charge is 0.170 e. The van der Waals surface area contributed by atoms with E-state index in [0.717, 1.165) is 0 Å². The first-order valence-corrected chi connectivity index (χ1v) is 2.61. The predicted octanol–water partition coefficient (Wildman–Crippen LogP) is 1.12. The lowest BCUT2D eigenvalue weighted by Crippen LogP contribution is -2.06. The molecule has 1 aliphatic carbocycles. The van der Waals surface area contributed by atoms with Gasteiger partial charge in [-0.25, -0.2) is 0 Å². The van der Waals surface area contributed by atoms with E-state index in [1.165, 1.54) is 0 Å². The molecule has 1 nitrogen and oxygen atoms in total. The normalized spacial score (nSPS) is 26.6. The maximum atomic E-state index is 10.6. The SMILES string of the molecule is CC1C=CC=[C]C1=O. The van der Waals surface area contributed by atoms with Crippen LogP contribution in [0.2, 0.25) is 0 Å². The third-order valence-electron chi connectivity index (χ3n) is 1.14. The van der Waals surface area contributed by atoms with Gasteiger partial charge in [-0.2, -0.15) is 0 Å². The molecule has 0 spiro atoms. The van der Waals surface area contributed by atoms with Crippen LogP contribution in [-0.2, 0) is 4.79 Å². The van der Waals surface area contributed by atoms with E-state index in [1.54, 1.807) is 6.08 Å². The molecule has 8 heavy (non-hydrogen) atoms. The van der Waals surface area contributed by atoms with E-state index in [4.69, 9.17) is 0 Å². The second kappa shape index (κ2) is 1.95. The van der Waals surface area contributed by atoms with Crippen LogP contribution in [0.4, 0.5) is 0 Å². The van der Waals surface area contributed by atoms with Crippen LogP contribution in [0, 0.1) is 12.0 Å². The van der Waals surface area contributed by atoms with E-state index in [0.29, 0.717) is 0 Å². The number of carbonyl (C=O) groups excluding carboxylic acids is 1. The minimum Gasteiger partial charge on any atom is -0.294 e. The standard InChI is InChI=1S/C7H7O/c1-6-4-2-3-5-7(6)8/h2-4,6H,1H3. The third kappa shape index (κ3) is 0.861. The highest BCUT2D eigenvalue weighted by atomic mass is 16.1. The van der Waals surface area contributed by atoms with E-state index < -0.39 is 0 Å². The minimum atomic E-state index is 0.0417. The molecule has 41 valence electrons. The van der Waals surface area contributed by atoms with Gasteiger partial charge < -0.3 is 0 Å². The highest BCUT2D eigenvalue weighted by molar-refractivity contribution is 5.90. The van der Waals surface area contributed by atoms with Gasteiger partial charge in [-0.3, -0.25) is 4.79 Å². The fourth-order valence-corrected chi connectivity index (χ4v) is 0.571. The van der Waals surface area contributed by atoms with Gasteiger partial charge in [0.15, 0.2) is 5.78 Å². The molecule has 0 aromatic heterocycles. The summed E-state index contributed by atoms with van der Waals surface area (Å²) in [5.74, 6) is 0.118. The number of ketones is 1. The van der Waals surface area contributed by atoms with E-state index in [-0.39, 0.29) is 11.7 Å². The summed E-state index contributed by atoms with van der Waals surface area (Å²) in [6.07, 6.45) is 7.92. The van der Waals surface area contributed by atoms with Crippen molar-refractivity contribution in [2.45, 2.75) is 6.92 Å². The molecule has 0 heterocycles. The van der Waals surface area contributed by atoms with Gasteiger partial charge in [-0.15, -0.1) is 0 Å². The molecule has 0 fully saturated rings. The summed E-state index contributed by atoms with van der Waals surface area (Å²) in [5.41, 5.74) is 0. The molecule has 1 radical (unpaired) electrons. The molecular weight excluding hydrogens is 100 g/mol. The van der Waals surface area contributed by atoms with Crippen molar-refractivity contribution in [1.29, 1.82) is 0 Å². The van der Waals surface area contributed by atoms with Gasteiger partial charge in [0.25, 0.3) is 0 Å². The Morgan fingerprint density at radius 1 is 1.75 bits per heavy atom. The fourth-order valence-electron chi connectivity index (χ4n) is 0.571. The number of rotatable bonds is 0. The maximum absolute atomic E-state index is 10.6. The molecule has 1 rings (SSSR count). The average Bonchev–Trinajstić information content (AvgIpc) is 1.77. The molecule has 1 unspecified atom stereocenters. The number of Topliss-reactive ketones (excluding diaryl/α,β-unsaturated/α-hetero) is 1. The number of carbonyl (C=O) groups is 1. The highest BCUT2D eigenvalue weighted by Gasteiger charge is 2.06. The summed E-state index contributed by atoms with van der Waals surface area (Å²) in [5, 5.41) is 0. The van der Waals surface area contributed by atoms with Crippen molar-refractivity contribution in [3.8, 4) is 0 Å². The Morgan fingerprint density at radius 3 is 2.88 bits per heavy atom. The summed E-state index contributed by atoms with van der Waals surface area (Å²) >= 11 is 0. The largest absolute Gasteiger partial charge is 0.294 e. The van der Waals surface area contributed by atoms with Gasteiger partial charge in [-0.05, 0) is 0 Å². The molecule has 0 saturated heterocycles. The van der Waals surface area contributed by atoms with Crippen molar-refractivity contribution in [2.75, 3.05) is 0 Å². The zero-order chi connectivity index (χ0) is 5.98. The number of hydrogen-bond donors (Lipinski definition) is 0. The van der Waals surface area contributed by atoms with Crippen LogP contribution in [-0.4, -0.2) is 5.78 Å². The van der Waals surface area contributed by atoms with Crippen LogP contribution in [0.25, 0.3) is 0 Å². The highest BCUT2D eigenvalue weighted by Crippen LogP contribution is 2.03. The molecule has 1 aliphatic rings. The summed E-state index contributed by atoms with van der Waals surface area (Å²) in [6, 6.07) is 0. The van der Waals surface area contributed by atoms with Gasteiger partial charge in [0, 0.05) is 12.0 Å². The van der Waals surface area contributed by atoms with Crippen LogP contribution < -0.4 is 0 Å². The summed E-state index contributed by atoms with van der Waals surface area (Å²) < 4.78 is 0. The van der Waals surface area contributed by atoms with Crippen molar-refractivity contribution in [3.05, 3.63) is 24.3 Å². The zero-order valence-electron chi connectivity index (χ0n) is 4.72. The first-order valence-electron chi connectivity index (χ1n) is 2.61. The summed E-state index contributed by atoms with van der Waals surface area (Å²) in [6.45, 7) is 1.86. The fraction of sp³-hybridized carbons (Fsp3) is 0.286. The summed E-state index contributed by atoms with van der Waals surface area (Å²) in [4.78, 5) is 10.6. The number of hydrogen-bond acceptors (Lipinski definition) is 1. The van der Waals surface area contributed by atoms with Crippen LogP contribution >= 0.6 is 0 Å². The Hall–Kier alpha value is -0.850. The second-order valence-electron chi connectivity index (χ2n) is 1.85. The van der Waals surface area contributed by atoms with Crippen LogP contribution in [0.15, 0.2) is 18.2 Å². The third-order valence-corrected chi connectivity index (χ3v) is 1.14. The molecule has 0 bridgehead atoms.